The van der Waals surface area contributed by atoms with Gasteiger partial charge >= 0.3 is 0 Å². The van der Waals surface area contributed by atoms with Crippen molar-refractivity contribution in [1.29, 1.82) is 0 Å². The van der Waals surface area contributed by atoms with E-state index in [0.717, 1.165) is 0 Å². The lowest BCUT2D eigenvalue weighted by Gasteiger charge is -2.11. The van der Waals surface area contributed by atoms with Gasteiger partial charge in [-0.05, 0) is 26.0 Å². The predicted molar refractivity (Wildman–Crippen MR) is 51.7 cm³/mol. The second-order valence-electron chi connectivity index (χ2n) is 3.06. The maximum Gasteiger partial charge on any atom is 0.146 e. The molecule has 1 N–H and O–H groups in total. The van der Waals surface area contributed by atoms with Crippen LogP contribution in [-0.2, 0) is 0 Å². The second kappa shape index (κ2) is 4.12. The molecule has 0 heterocycles. The van der Waals surface area contributed by atoms with Crippen LogP contribution in [0, 0.1) is 5.82 Å². The van der Waals surface area contributed by atoms with Gasteiger partial charge in [-0.15, -0.1) is 0 Å². The van der Waals surface area contributed by atoms with E-state index in [1.165, 1.54) is 6.07 Å². The Morgan fingerprint density at radius 1 is 1.38 bits per heavy atom. The van der Waals surface area contributed by atoms with Crippen LogP contribution >= 0.6 is 0 Å². The molecule has 0 spiro atoms. The highest BCUT2D eigenvalue weighted by Gasteiger charge is 2.03. The third-order valence-electron chi connectivity index (χ3n) is 1.58. The van der Waals surface area contributed by atoms with Crippen molar-refractivity contribution < 1.29 is 9.13 Å². The van der Waals surface area contributed by atoms with Gasteiger partial charge in [-0.3, -0.25) is 0 Å². The Bertz CT molecular complexity index is 286. The molecule has 13 heavy (non-hydrogen) atoms. The normalized spacial score (nSPS) is 10.2. The lowest BCUT2D eigenvalue weighted by Crippen LogP contribution is -2.06. The fraction of sp³-hybridized carbons (Fsp3) is 0.400. The van der Waals surface area contributed by atoms with Crippen LogP contribution in [0.5, 0.6) is 5.75 Å². The van der Waals surface area contributed by atoms with Crippen molar-refractivity contribution in [1.82, 2.24) is 0 Å². The van der Waals surface area contributed by atoms with Crippen LogP contribution in [0.4, 0.5) is 10.1 Å². The molecule has 0 amide bonds. The molecule has 0 atom stereocenters. The van der Waals surface area contributed by atoms with Crippen LogP contribution in [0.1, 0.15) is 13.8 Å². The summed E-state index contributed by atoms with van der Waals surface area (Å²) in [7, 11) is 1.68. The first-order valence-corrected chi connectivity index (χ1v) is 4.27. The van der Waals surface area contributed by atoms with Crippen molar-refractivity contribution in [2.24, 2.45) is 0 Å². The quantitative estimate of drug-likeness (QED) is 0.777. The van der Waals surface area contributed by atoms with E-state index in [9.17, 15) is 4.39 Å². The van der Waals surface area contributed by atoms with E-state index in [1.807, 2.05) is 13.8 Å². The van der Waals surface area contributed by atoms with Gasteiger partial charge in [-0.2, -0.15) is 0 Å². The van der Waals surface area contributed by atoms with Gasteiger partial charge in [0, 0.05) is 13.1 Å². The fourth-order valence-electron chi connectivity index (χ4n) is 1.04. The fourth-order valence-corrected chi connectivity index (χ4v) is 1.04. The topological polar surface area (TPSA) is 21.3 Å². The summed E-state index contributed by atoms with van der Waals surface area (Å²) in [5.41, 5.74) is 0.457. The summed E-state index contributed by atoms with van der Waals surface area (Å²) in [6.07, 6.45) is 0.107. The van der Waals surface area contributed by atoms with E-state index in [0.29, 0.717) is 11.4 Å². The Kier molecular flexibility index (Phi) is 3.12. The van der Waals surface area contributed by atoms with Crippen molar-refractivity contribution in [3.05, 3.63) is 24.0 Å². The highest BCUT2D eigenvalue weighted by molar-refractivity contribution is 5.49. The molecule has 1 aromatic rings. The smallest absolute Gasteiger partial charge is 0.146 e. The van der Waals surface area contributed by atoms with Gasteiger partial charge in [0.05, 0.1) is 11.8 Å². The van der Waals surface area contributed by atoms with Crippen LogP contribution in [0.25, 0.3) is 0 Å². The Morgan fingerprint density at radius 3 is 2.62 bits per heavy atom. The summed E-state index contributed by atoms with van der Waals surface area (Å²) in [6, 6.07) is 4.66. The monoisotopic (exact) mass is 183 g/mol. The molecule has 72 valence electrons. The molecule has 0 aliphatic carbocycles. The average Bonchev–Trinajstić information content (AvgIpc) is 2.07. The number of rotatable bonds is 3. The van der Waals surface area contributed by atoms with E-state index in [1.54, 1.807) is 19.2 Å². The number of benzene rings is 1. The van der Waals surface area contributed by atoms with Crippen LogP contribution in [0.15, 0.2) is 18.2 Å². The Balaban J connectivity index is 2.86. The summed E-state index contributed by atoms with van der Waals surface area (Å²) in [4.78, 5) is 0. The molecule has 2 nitrogen and oxygen atoms in total. The Morgan fingerprint density at radius 2 is 2.08 bits per heavy atom. The maximum atomic E-state index is 13.0. The summed E-state index contributed by atoms with van der Waals surface area (Å²) in [5.74, 6) is 0.416. The highest BCUT2D eigenvalue weighted by Crippen LogP contribution is 2.21. The molecule has 0 unspecified atom stereocenters. The molecule has 0 fully saturated rings. The number of halogens is 1. The molecule has 0 aromatic heterocycles. The summed E-state index contributed by atoms with van der Waals surface area (Å²) >= 11 is 0. The van der Waals surface area contributed by atoms with Gasteiger partial charge in [0.15, 0.2) is 0 Å². The molecular weight excluding hydrogens is 169 g/mol. The van der Waals surface area contributed by atoms with Crippen molar-refractivity contribution >= 4 is 5.69 Å². The van der Waals surface area contributed by atoms with Gasteiger partial charge in [0.1, 0.15) is 11.6 Å². The first-order valence-electron chi connectivity index (χ1n) is 4.27. The van der Waals surface area contributed by atoms with Crippen LogP contribution in [0.2, 0.25) is 0 Å². The zero-order chi connectivity index (χ0) is 9.84. The largest absolute Gasteiger partial charge is 0.491 e. The van der Waals surface area contributed by atoms with E-state index < -0.39 is 0 Å². The number of anilines is 1. The Hall–Kier alpha value is -1.25. The molecule has 0 saturated heterocycles. The van der Waals surface area contributed by atoms with Crippen molar-refractivity contribution in [3.63, 3.8) is 0 Å². The minimum atomic E-state index is -0.265. The Labute approximate surface area is 77.7 Å². The first kappa shape index (κ1) is 9.84. The number of nitrogens with one attached hydrogen (secondary N) is 1. The van der Waals surface area contributed by atoms with E-state index >= 15 is 0 Å². The number of hydrogen-bond acceptors (Lipinski definition) is 2. The summed E-state index contributed by atoms with van der Waals surface area (Å²) < 4.78 is 18.4. The molecule has 0 aliphatic rings. The minimum absolute atomic E-state index is 0.107. The zero-order valence-electron chi connectivity index (χ0n) is 8.10. The van der Waals surface area contributed by atoms with E-state index in [-0.39, 0.29) is 11.9 Å². The average molecular weight is 183 g/mol. The van der Waals surface area contributed by atoms with Crippen LogP contribution in [0.3, 0.4) is 0 Å². The molecule has 0 saturated carbocycles. The maximum absolute atomic E-state index is 13.0. The summed E-state index contributed by atoms with van der Waals surface area (Å²) in [6.45, 7) is 3.87. The minimum Gasteiger partial charge on any atom is -0.491 e. The SMILES string of the molecule is CNc1cc(OC(C)C)ccc1F. The lowest BCUT2D eigenvalue weighted by atomic mass is 10.3. The number of ether oxygens (including phenoxy) is 1. The van der Waals surface area contributed by atoms with E-state index in [2.05, 4.69) is 5.32 Å². The van der Waals surface area contributed by atoms with Gasteiger partial charge < -0.3 is 10.1 Å². The highest BCUT2D eigenvalue weighted by atomic mass is 19.1. The third-order valence-corrected chi connectivity index (χ3v) is 1.58. The molecule has 1 aromatic carbocycles. The zero-order valence-corrected chi connectivity index (χ0v) is 8.10. The van der Waals surface area contributed by atoms with Crippen molar-refractivity contribution in [2.75, 3.05) is 12.4 Å². The first-order chi connectivity index (χ1) is 6.13. The molecule has 1 rings (SSSR count). The third kappa shape index (κ3) is 2.61. The van der Waals surface area contributed by atoms with Crippen molar-refractivity contribution in [2.45, 2.75) is 20.0 Å². The predicted octanol–water partition coefficient (Wildman–Crippen LogP) is 2.65. The van der Waals surface area contributed by atoms with Crippen molar-refractivity contribution in [3.8, 4) is 5.75 Å². The standard InChI is InChI=1S/C10H14FNO/c1-7(2)13-8-4-5-9(11)10(6-8)12-3/h4-7,12H,1-3H3. The van der Waals surface area contributed by atoms with Gasteiger partial charge in [0.2, 0.25) is 0 Å². The lowest BCUT2D eigenvalue weighted by molar-refractivity contribution is 0.242. The van der Waals surface area contributed by atoms with E-state index in [4.69, 9.17) is 4.74 Å². The molecule has 0 aliphatic heterocycles. The van der Waals surface area contributed by atoms with Gasteiger partial charge in [0.25, 0.3) is 0 Å². The van der Waals surface area contributed by atoms with Gasteiger partial charge in [-0.1, -0.05) is 0 Å². The van der Waals surface area contributed by atoms with Crippen LogP contribution < -0.4 is 10.1 Å². The molecule has 0 radical (unpaired) electrons. The van der Waals surface area contributed by atoms with Gasteiger partial charge in [-0.25, -0.2) is 4.39 Å². The molecule has 3 heteroatoms. The van der Waals surface area contributed by atoms with Crippen LogP contribution in [-0.4, -0.2) is 13.2 Å². The second-order valence-corrected chi connectivity index (χ2v) is 3.06. The summed E-state index contributed by atoms with van der Waals surface area (Å²) in [5, 5.41) is 2.75. The molecular formula is C10H14FNO. The number of hydrogen-bond donors (Lipinski definition) is 1. The molecule has 0 bridgehead atoms.